The van der Waals surface area contributed by atoms with Crippen LogP contribution in [0.25, 0.3) is 0 Å². The van der Waals surface area contributed by atoms with Crippen LogP contribution in [0, 0.1) is 0 Å². The van der Waals surface area contributed by atoms with Crippen LogP contribution in [0.1, 0.15) is 30.2 Å². The molecule has 5 nitrogen and oxygen atoms in total. The molecule has 1 aliphatic heterocycles. The zero-order chi connectivity index (χ0) is 16.1. The molecule has 0 bridgehead atoms. The van der Waals surface area contributed by atoms with Gasteiger partial charge in [-0.25, -0.2) is 4.98 Å². The molecule has 2 heterocycles. The minimum absolute atomic E-state index is 0.0934. The van der Waals surface area contributed by atoms with E-state index in [1.54, 1.807) is 0 Å². The monoisotopic (exact) mass is 315 g/mol. The van der Waals surface area contributed by atoms with Crippen LogP contribution in [0.3, 0.4) is 0 Å². The Hall–Kier alpha value is -1.69. The number of hydrogen-bond acceptors (Lipinski definition) is 4. The number of rotatable bonds is 6. The van der Waals surface area contributed by atoms with Gasteiger partial charge in [-0.15, -0.1) is 0 Å². The van der Waals surface area contributed by atoms with E-state index in [1.807, 2.05) is 31.6 Å². The summed E-state index contributed by atoms with van der Waals surface area (Å²) < 4.78 is 7.95. The van der Waals surface area contributed by atoms with Crippen LogP contribution in [0.5, 0.6) is 0 Å². The summed E-state index contributed by atoms with van der Waals surface area (Å²) in [5.41, 5.74) is 3.47. The second-order valence-corrected chi connectivity index (χ2v) is 6.06. The summed E-state index contributed by atoms with van der Waals surface area (Å²) in [5.74, 6) is 0. The molecule has 0 amide bonds. The third kappa shape index (κ3) is 3.99. The Morgan fingerprint density at radius 2 is 2.04 bits per heavy atom. The summed E-state index contributed by atoms with van der Waals surface area (Å²) in [6.45, 7) is 6.42. The van der Waals surface area contributed by atoms with Crippen LogP contribution in [0.2, 0.25) is 0 Å². The quantitative estimate of drug-likeness (QED) is 0.888. The predicted molar refractivity (Wildman–Crippen MR) is 88.7 cm³/mol. The van der Waals surface area contributed by atoms with E-state index in [0.717, 1.165) is 44.8 Å². The van der Waals surface area contributed by atoms with Crippen LogP contribution in [-0.4, -0.2) is 38.8 Å². The number of ether oxygens (including phenoxy) is 1. The van der Waals surface area contributed by atoms with Crippen LogP contribution in [0.4, 0.5) is 0 Å². The van der Waals surface area contributed by atoms with Crippen molar-refractivity contribution in [2.75, 3.05) is 13.2 Å². The number of aryl methyl sites for hydroxylation is 1. The topological polar surface area (TPSA) is 50.5 Å². The van der Waals surface area contributed by atoms with Gasteiger partial charge >= 0.3 is 0 Å². The van der Waals surface area contributed by atoms with Crippen LogP contribution in [0.15, 0.2) is 36.8 Å². The zero-order valence-corrected chi connectivity index (χ0v) is 13.7. The van der Waals surface area contributed by atoms with Gasteiger partial charge < -0.3 is 14.4 Å². The molecule has 1 N–H and O–H groups in total. The number of aliphatic hydroxyl groups is 1. The van der Waals surface area contributed by atoms with E-state index < -0.39 is 0 Å². The summed E-state index contributed by atoms with van der Waals surface area (Å²) in [4.78, 5) is 6.75. The van der Waals surface area contributed by atoms with Gasteiger partial charge in [0.2, 0.25) is 0 Å². The molecule has 0 aliphatic carbocycles. The van der Waals surface area contributed by atoms with E-state index in [-0.39, 0.29) is 6.61 Å². The number of aliphatic hydroxyl groups excluding tert-OH is 1. The molecule has 2 aromatic rings. The highest BCUT2D eigenvalue weighted by atomic mass is 16.5. The fourth-order valence-corrected chi connectivity index (χ4v) is 3.10. The highest BCUT2D eigenvalue weighted by molar-refractivity contribution is 5.22. The lowest BCUT2D eigenvalue weighted by molar-refractivity contribution is 0.0559. The molecule has 0 unspecified atom stereocenters. The Morgan fingerprint density at radius 3 is 2.78 bits per heavy atom. The van der Waals surface area contributed by atoms with Gasteiger partial charge in [0.1, 0.15) is 0 Å². The predicted octanol–water partition coefficient (Wildman–Crippen LogP) is 2.19. The third-order valence-corrected chi connectivity index (χ3v) is 4.49. The normalized spacial score (nSPS) is 18.6. The molecular formula is C18H25N3O2. The Balaban J connectivity index is 1.75. The van der Waals surface area contributed by atoms with E-state index in [2.05, 4.69) is 26.6 Å². The molecule has 1 atom stereocenters. The first-order valence-electron chi connectivity index (χ1n) is 8.29. The van der Waals surface area contributed by atoms with Gasteiger partial charge in [0, 0.05) is 38.5 Å². The van der Waals surface area contributed by atoms with Crippen molar-refractivity contribution in [1.82, 2.24) is 14.5 Å². The molecule has 0 spiro atoms. The lowest BCUT2D eigenvalue weighted by Gasteiger charge is -2.29. The smallest absolute Gasteiger partial charge is 0.0948 e. The molecule has 1 aliphatic rings. The summed E-state index contributed by atoms with van der Waals surface area (Å²) in [5, 5.41) is 9.18. The first-order chi connectivity index (χ1) is 11.3. The number of benzene rings is 1. The Morgan fingerprint density at radius 1 is 1.26 bits per heavy atom. The number of imidazole rings is 1. The summed E-state index contributed by atoms with van der Waals surface area (Å²) in [6, 6.07) is 8.60. The highest BCUT2D eigenvalue weighted by Crippen LogP contribution is 2.20. The highest BCUT2D eigenvalue weighted by Gasteiger charge is 2.24. The molecule has 0 saturated carbocycles. The summed E-state index contributed by atoms with van der Waals surface area (Å²) in [6.07, 6.45) is 4.95. The Labute approximate surface area is 137 Å². The van der Waals surface area contributed by atoms with Gasteiger partial charge in [0.15, 0.2) is 0 Å². The van der Waals surface area contributed by atoms with Crippen molar-refractivity contribution in [2.45, 2.75) is 45.6 Å². The van der Waals surface area contributed by atoms with Gasteiger partial charge in [-0.05, 0) is 24.5 Å². The number of fused-ring (bicyclic) bond motifs is 1. The maximum atomic E-state index is 9.18. The first kappa shape index (κ1) is 16.2. The van der Waals surface area contributed by atoms with Crippen molar-refractivity contribution in [3.05, 3.63) is 53.6 Å². The Kier molecular flexibility index (Phi) is 5.43. The largest absolute Gasteiger partial charge is 0.392 e. The Bertz CT molecular complexity index is 609. The molecule has 1 aromatic carbocycles. The van der Waals surface area contributed by atoms with Crippen molar-refractivity contribution >= 4 is 0 Å². The summed E-state index contributed by atoms with van der Waals surface area (Å²) >= 11 is 0. The summed E-state index contributed by atoms with van der Waals surface area (Å²) in [7, 11) is 0. The van der Waals surface area contributed by atoms with Gasteiger partial charge in [0.05, 0.1) is 25.2 Å². The molecular weight excluding hydrogens is 290 g/mol. The molecule has 1 aromatic heterocycles. The maximum Gasteiger partial charge on any atom is 0.0948 e. The third-order valence-electron chi connectivity index (χ3n) is 4.49. The van der Waals surface area contributed by atoms with Crippen molar-refractivity contribution in [3.63, 3.8) is 0 Å². The maximum absolute atomic E-state index is 9.18. The van der Waals surface area contributed by atoms with E-state index in [9.17, 15) is 5.11 Å². The fraction of sp³-hybridized carbons (Fsp3) is 0.500. The standard InChI is InChI=1S/C18H25N3O2/c1-2-23-13-17-7-8-20-14-19-9-18(20)11-21(17)10-15-3-5-16(12-22)6-4-15/h3-6,9,14,17,22H,2,7-8,10-13H2,1H3/t17-/m1/s1. The number of nitrogens with zero attached hydrogens (tertiary/aromatic N) is 3. The molecule has 23 heavy (non-hydrogen) atoms. The zero-order valence-electron chi connectivity index (χ0n) is 13.7. The minimum atomic E-state index is 0.0934. The van der Waals surface area contributed by atoms with Crippen LogP contribution in [-0.2, 0) is 31.0 Å². The average Bonchev–Trinajstić information content (AvgIpc) is 2.96. The average molecular weight is 315 g/mol. The molecule has 5 heteroatoms. The molecule has 0 saturated heterocycles. The molecule has 0 fully saturated rings. The molecule has 3 rings (SSSR count). The van der Waals surface area contributed by atoms with E-state index in [4.69, 9.17) is 4.74 Å². The van der Waals surface area contributed by atoms with Crippen molar-refractivity contribution in [1.29, 1.82) is 0 Å². The molecule has 124 valence electrons. The van der Waals surface area contributed by atoms with Gasteiger partial charge in [-0.2, -0.15) is 0 Å². The van der Waals surface area contributed by atoms with Crippen molar-refractivity contribution in [3.8, 4) is 0 Å². The van der Waals surface area contributed by atoms with E-state index in [0.29, 0.717) is 6.04 Å². The van der Waals surface area contributed by atoms with Crippen molar-refractivity contribution < 1.29 is 9.84 Å². The van der Waals surface area contributed by atoms with Crippen LogP contribution >= 0.6 is 0 Å². The second-order valence-electron chi connectivity index (χ2n) is 6.06. The van der Waals surface area contributed by atoms with Gasteiger partial charge in [0.25, 0.3) is 0 Å². The number of hydrogen-bond donors (Lipinski definition) is 1. The van der Waals surface area contributed by atoms with Gasteiger partial charge in [-0.3, -0.25) is 4.90 Å². The van der Waals surface area contributed by atoms with E-state index in [1.165, 1.54) is 11.3 Å². The lowest BCUT2D eigenvalue weighted by atomic mass is 10.1. The van der Waals surface area contributed by atoms with E-state index >= 15 is 0 Å². The first-order valence-corrected chi connectivity index (χ1v) is 8.29. The lowest BCUT2D eigenvalue weighted by Crippen LogP contribution is -2.37. The van der Waals surface area contributed by atoms with Crippen LogP contribution < -0.4 is 0 Å². The fourth-order valence-electron chi connectivity index (χ4n) is 3.10. The second kappa shape index (κ2) is 7.73. The minimum Gasteiger partial charge on any atom is -0.392 e. The number of aromatic nitrogens is 2. The molecule has 0 radical (unpaired) electrons. The SMILES string of the molecule is CCOC[C@H]1CCn2cncc2CN1Cc1ccc(CO)cc1. The van der Waals surface area contributed by atoms with Crippen molar-refractivity contribution in [2.24, 2.45) is 0 Å². The van der Waals surface area contributed by atoms with Gasteiger partial charge in [-0.1, -0.05) is 24.3 Å².